The monoisotopic (exact) mass is 289 g/mol. The fourth-order valence-corrected chi connectivity index (χ4v) is 4.81. The Labute approximate surface area is 117 Å². The van der Waals surface area contributed by atoms with E-state index < -0.39 is 12.9 Å². The molecule has 0 radical (unpaired) electrons. The van der Waals surface area contributed by atoms with Crippen molar-refractivity contribution in [3.63, 3.8) is 0 Å². The first-order valence-electron chi connectivity index (χ1n) is 7.11. The molecule has 0 N–H and O–H groups in total. The molecule has 0 aromatic carbocycles. The van der Waals surface area contributed by atoms with Crippen molar-refractivity contribution in [1.29, 1.82) is 0 Å². The van der Waals surface area contributed by atoms with Crippen LogP contribution in [0.2, 0.25) is 0 Å². The molecule has 0 aromatic heterocycles. The van der Waals surface area contributed by atoms with E-state index in [2.05, 4.69) is 27.7 Å². The summed E-state index contributed by atoms with van der Waals surface area (Å²) in [6.45, 7) is 14.8. The Morgan fingerprint density at radius 2 is 1.68 bits per heavy atom. The fraction of sp³-hybridized carbons (Fsp3) is 0.929. The number of aliphatic imine (C=N–C) groups is 1. The predicted molar refractivity (Wildman–Crippen MR) is 79.9 cm³/mol. The van der Waals surface area contributed by atoms with E-state index in [4.69, 9.17) is 14.0 Å². The lowest BCUT2D eigenvalue weighted by molar-refractivity contribution is 0.164. The number of rotatable bonds is 6. The molecule has 0 saturated heterocycles. The molecule has 0 fully saturated rings. The van der Waals surface area contributed by atoms with Gasteiger partial charge in [-0.3, -0.25) is 9.56 Å². The Kier molecular flexibility index (Phi) is 5.03. The van der Waals surface area contributed by atoms with Crippen molar-refractivity contribution in [2.24, 2.45) is 16.3 Å². The molecular formula is C14H28NO3P. The van der Waals surface area contributed by atoms with Gasteiger partial charge in [-0.15, -0.1) is 0 Å². The number of hydrogen-bond acceptors (Lipinski definition) is 4. The molecule has 1 atom stereocenters. The van der Waals surface area contributed by atoms with Crippen molar-refractivity contribution in [2.45, 2.75) is 60.2 Å². The summed E-state index contributed by atoms with van der Waals surface area (Å²) in [6, 6.07) is 0. The molecule has 0 unspecified atom stereocenters. The SMILES string of the molecule is CCOP(=O)(OCC)[C@@]1(C)N=C(C(C)C)CC1(C)C. The average molecular weight is 289 g/mol. The Morgan fingerprint density at radius 3 is 2.00 bits per heavy atom. The minimum absolute atomic E-state index is 0.230. The molecule has 0 aromatic rings. The second-order valence-electron chi connectivity index (χ2n) is 6.17. The van der Waals surface area contributed by atoms with Gasteiger partial charge in [-0.05, 0) is 33.1 Å². The maximum atomic E-state index is 13.2. The van der Waals surface area contributed by atoms with Crippen molar-refractivity contribution in [3.05, 3.63) is 0 Å². The summed E-state index contributed by atoms with van der Waals surface area (Å²) in [5.41, 5.74) is 0.874. The summed E-state index contributed by atoms with van der Waals surface area (Å²) in [4.78, 5) is 4.79. The lowest BCUT2D eigenvalue weighted by atomic mass is 9.82. The summed E-state index contributed by atoms with van der Waals surface area (Å²) in [5, 5.41) is -0.800. The van der Waals surface area contributed by atoms with E-state index in [1.54, 1.807) is 0 Å². The highest BCUT2D eigenvalue weighted by molar-refractivity contribution is 7.55. The molecule has 5 heteroatoms. The molecule has 0 bridgehead atoms. The third-order valence-electron chi connectivity index (χ3n) is 4.06. The van der Waals surface area contributed by atoms with Crippen LogP contribution in [0.15, 0.2) is 4.99 Å². The van der Waals surface area contributed by atoms with Gasteiger partial charge in [0.2, 0.25) is 0 Å². The zero-order valence-corrected chi connectivity index (χ0v) is 14.2. The van der Waals surface area contributed by atoms with Crippen molar-refractivity contribution in [1.82, 2.24) is 0 Å². The maximum Gasteiger partial charge on any atom is 0.358 e. The average Bonchev–Trinajstić information content (AvgIpc) is 2.52. The van der Waals surface area contributed by atoms with Crippen LogP contribution in [0, 0.1) is 11.3 Å². The van der Waals surface area contributed by atoms with Crippen molar-refractivity contribution < 1.29 is 13.6 Å². The normalized spacial score (nSPS) is 26.8. The second-order valence-corrected chi connectivity index (χ2v) is 8.55. The van der Waals surface area contributed by atoms with Gasteiger partial charge < -0.3 is 9.05 Å². The topological polar surface area (TPSA) is 47.9 Å². The summed E-state index contributed by atoms with van der Waals surface area (Å²) in [7, 11) is -3.26. The van der Waals surface area contributed by atoms with Crippen LogP contribution in [0.4, 0.5) is 0 Å². The van der Waals surface area contributed by atoms with Gasteiger partial charge >= 0.3 is 7.60 Å². The zero-order valence-electron chi connectivity index (χ0n) is 13.3. The van der Waals surface area contributed by atoms with E-state index in [1.807, 2.05) is 20.8 Å². The molecule has 0 saturated carbocycles. The zero-order chi connectivity index (χ0) is 14.9. The molecule has 1 heterocycles. The van der Waals surface area contributed by atoms with Gasteiger partial charge in [-0.25, -0.2) is 0 Å². The van der Waals surface area contributed by atoms with Gasteiger partial charge in [0.05, 0.1) is 13.2 Å². The molecule has 4 nitrogen and oxygen atoms in total. The van der Waals surface area contributed by atoms with Crippen LogP contribution in [0.3, 0.4) is 0 Å². The molecule has 112 valence electrons. The highest BCUT2D eigenvalue weighted by Gasteiger charge is 2.60. The molecule has 0 aliphatic carbocycles. The maximum absolute atomic E-state index is 13.2. The first-order chi connectivity index (χ1) is 8.63. The largest absolute Gasteiger partial charge is 0.358 e. The molecular weight excluding hydrogens is 261 g/mol. The Hall–Kier alpha value is -0.180. The third kappa shape index (κ3) is 2.81. The van der Waals surface area contributed by atoms with E-state index in [0.717, 1.165) is 12.1 Å². The summed E-state index contributed by atoms with van der Waals surface area (Å²) in [5.74, 6) is 0.359. The van der Waals surface area contributed by atoms with Crippen LogP contribution in [-0.2, 0) is 13.6 Å². The molecule has 1 rings (SSSR count). The van der Waals surface area contributed by atoms with E-state index >= 15 is 0 Å². The highest BCUT2D eigenvalue weighted by atomic mass is 31.2. The van der Waals surface area contributed by atoms with Crippen molar-refractivity contribution in [2.75, 3.05) is 13.2 Å². The van der Waals surface area contributed by atoms with Crippen LogP contribution in [0.25, 0.3) is 0 Å². The summed E-state index contributed by atoms with van der Waals surface area (Å²) in [6.07, 6.45) is 0.839. The standard InChI is InChI=1S/C14H28NO3P/c1-8-17-19(16,18-9-2)14(7)13(5,6)10-12(15-14)11(3)4/h11H,8-10H2,1-7H3/t14-/m1/s1. The highest BCUT2D eigenvalue weighted by Crippen LogP contribution is 2.69. The van der Waals surface area contributed by atoms with Crippen LogP contribution >= 0.6 is 7.60 Å². The van der Waals surface area contributed by atoms with Gasteiger partial charge in [0.15, 0.2) is 5.28 Å². The molecule has 1 aliphatic heterocycles. The molecule has 0 spiro atoms. The lowest BCUT2D eigenvalue weighted by Gasteiger charge is -2.40. The van der Waals surface area contributed by atoms with E-state index in [-0.39, 0.29) is 5.41 Å². The Morgan fingerprint density at radius 1 is 1.21 bits per heavy atom. The third-order valence-corrected chi connectivity index (χ3v) is 7.03. The van der Waals surface area contributed by atoms with Crippen LogP contribution < -0.4 is 0 Å². The summed E-state index contributed by atoms with van der Waals surface area (Å²) < 4.78 is 24.3. The number of hydrogen-bond donors (Lipinski definition) is 0. The van der Waals surface area contributed by atoms with Gasteiger partial charge in [0.25, 0.3) is 0 Å². The minimum atomic E-state index is -3.26. The van der Waals surface area contributed by atoms with Gasteiger partial charge in [-0.1, -0.05) is 27.7 Å². The first-order valence-corrected chi connectivity index (χ1v) is 8.65. The second kappa shape index (κ2) is 5.67. The van der Waals surface area contributed by atoms with Crippen molar-refractivity contribution >= 4 is 13.3 Å². The fourth-order valence-electron chi connectivity index (χ4n) is 2.48. The van der Waals surface area contributed by atoms with E-state index in [9.17, 15) is 4.57 Å². The van der Waals surface area contributed by atoms with Gasteiger partial charge in [0, 0.05) is 11.1 Å². The first kappa shape index (κ1) is 16.9. The van der Waals surface area contributed by atoms with Crippen LogP contribution in [0.1, 0.15) is 54.9 Å². The molecule has 1 aliphatic rings. The summed E-state index contributed by atoms with van der Waals surface area (Å²) >= 11 is 0. The quantitative estimate of drug-likeness (QED) is 0.677. The van der Waals surface area contributed by atoms with E-state index in [0.29, 0.717) is 19.1 Å². The molecule has 19 heavy (non-hydrogen) atoms. The van der Waals surface area contributed by atoms with Crippen LogP contribution in [-0.4, -0.2) is 24.2 Å². The predicted octanol–water partition coefficient (Wildman–Crippen LogP) is 4.50. The van der Waals surface area contributed by atoms with Crippen LogP contribution in [0.5, 0.6) is 0 Å². The van der Waals surface area contributed by atoms with Gasteiger partial charge in [-0.2, -0.15) is 0 Å². The number of nitrogens with zero attached hydrogens (tertiary/aromatic N) is 1. The van der Waals surface area contributed by atoms with Crippen molar-refractivity contribution in [3.8, 4) is 0 Å². The lowest BCUT2D eigenvalue weighted by Crippen LogP contribution is -2.37. The van der Waals surface area contributed by atoms with E-state index in [1.165, 1.54) is 0 Å². The Balaban J connectivity index is 3.28. The smallest absolute Gasteiger partial charge is 0.307 e. The Bertz CT molecular complexity index is 393. The van der Waals surface area contributed by atoms with Gasteiger partial charge in [0.1, 0.15) is 0 Å². The minimum Gasteiger partial charge on any atom is -0.307 e. The molecule has 0 amide bonds.